The number of fused-ring (bicyclic) bond motifs is 1. The highest BCUT2D eigenvalue weighted by molar-refractivity contribution is 7.99. The van der Waals surface area contributed by atoms with Gasteiger partial charge < -0.3 is 9.64 Å². The molecule has 1 atom stereocenters. The molecule has 0 saturated heterocycles. The van der Waals surface area contributed by atoms with Gasteiger partial charge in [0.2, 0.25) is 0 Å². The van der Waals surface area contributed by atoms with Gasteiger partial charge >= 0.3 is 5.97 Å². The van der Waals surface area contributed by atoms with Crippen LogP contribution in [0.2, 0.25) is 0 Å². The molecule has 0 bridgehead atoms. The monoisotopic (exact) mass is 377 g/mol. The molecule has 0 N–H and O–H groups in total. The normalized spacial score (nSPS) is 14.9. The molecule has 0 saturated carbocycles. The van der Waals surface area contributed by atoms with Crippen LogP contribution in [-0.2, 0) is 16.0 Å². The number of nitrogens with zero attached hydrogens (tertiary/aromatic N) is 1. The second-order valence-corrected chi connectivity index (χ2v) is 8.16. The van der Waals surface area contributed by atoms with Crippen molar-refractivity contribution >= 4 is 23.6 Å². The van der Waals surface area contributed by atoms with Gasteiger partial charge in [0.15, 0.2) is 0 Å². The van der Waals surface area contributed by atoms with E-state index < -0.39 is 0 Å². The van der Waals surface area contributed by atoms with Gasteiger partial charge in [-0.05, 0) is 42.5 Å². The predicted octanol–water partition coefficient (Wildman–Crippen LogP) is 4.56. The van der Waals surface area contributed by atoms with Crippen LogP contribution < -0.4 is 0 Å². The second kappa shape index (κ2) is 10.6. The Morgan fingerprint density at radius 2 is 2.15 bits per heavy atom. The van der Waals surface area contributed by atoms with Gasteiger partial charge in [-0.15, -0.1) is 11.8 Å². The minimum atomic E-state index is -0.109. The molecule has 144 valence electrons. The quantitative estimate of drug-likeness (QED) is 0.443. The van der Waals surface area contributed by atoms with Gasteiger partial charge in [-0.1, -0.05) is 33.1 Å². The standard InChI is InChI=1S/C21H31NO3S/c1-4-6-7-16(5-2)15-25-20(23)11-13-26-18-8-9-19-17(14-18)10-12-22(3)21(19)24/h8-9,14,16H,4-7,10-13,15H2,1-3H3. The topological polar surface area (TPSA) is 46.6 Å². The van der Waals surface area contributed by atoms with Crippen LogP contribution in [0.5, 0.6) is 0 Å². The van der Waals surface area contributed by atoms with Gasteiger partial charge in [0.05, 0.1) is 13.0 Å². The summed E-state index contributed by atoms with van der Waals surface area (Å²) in [6.45, 7) is 5.66. The van der Waals surface area contributed by atoms with E-state index in [9.17, 15) is 9.59 Å². The molecule has 0 aliphatic carbocycles. The minimum Gasteiger partial charge on any atom is -0.465 e. The molecule has 1 heterocycles. The minimum absolute atomic E-state index is 0.0972. The van der Waals surface area contributed by atoms with E-state index in [-0.39, 0.29) is 11.9 Å². The van der Waals surface area contributed by atoms with E-state index in [4.69, 9.17) is 4.74 Å². The number of unbranched alkanes of at least 4 members (excludes halogenated alkanes) is 1. The van der Waals surface area contributed by atoms with Crippen LogP contribution in [-0.4, -0.2) is 42.7 Å². The van der Waals surface area contributed by atoms with Crippen molar-refractivity contribution in [3.8, 4) is 0 Å². The van der Waals surface area contributed by atoms with Crippen LogP contribution in [0.25, 0.3) is 0 Å². The number of hydrogen-bond acceptors (Lipinski definition) is 4. The van der Waals surface area contributed by atoms with E-state index in [1.54, 1.807) is 16.7 Å². The summed E-state index contributed by atoms with van der Waals surface area (Å²) in [5, 5.41) is 0. The SMILES string of the molecule is CCCCC(CC)COC(=O)CCSc1ccc2c(c1)CCN(C)C2=O. The third-order valence-electron chi connectivity index (χ3n) is 4.97. The summed E-state index contributed by atoms with van der Waals surface area (Å²) in [6, 6.07) is 5.98. The average molecular weight is 378 g/mol. The molecule has 0 spiro atoms. The molecule has 1 aromatic rings. The maximum absolute atomic E-state index is 12.1. The highest BCUT2D eigenvalue weighted by Crippen LogP contribution is 2.26. The number of carbonyl (C=O) groups is 2. The Labute approximate surface area is 161 Å². The number of carbonyl (C=O) groups excluding carboxylic acids is 2. The number of rotatable bonds is 10. The lowest BCUT2D eigenvalue weighted by molar-refractivity contribution is -0.144. The first-order valence-electron chi connectivity index (χ1n) is 9.71. The molecule has 1 aliphatic rings. The number of amides is 1. The summed E-state index contributed by atoms with van der Waals surface area (Å²) in [5.41, 5.74) is 1.92. The zero-order valence-electron chi connectivity index (χ0n) is 16.3. The molecule has 5 heteroatoms. The number of hydrogen-bond donors (Lipinski definition) is 0. The van der Waals surface area contributed by atoms with Gasteiger partial charge in [0.25, 0.3) is 5.91 Å². The maximum Gasteiger partial charge on any atom is 0.306 e. The van der Waals surface area contributed by atoms with E-state index in [1.807, 2.05) is 19.2 Å². The van der Waals surface area contributed by atoms with E-state index in [1.165, 1.54) is 12.8 Å². The third kappa shape index (κ3) is 6.04. The number of thioether (sulfide) groups is 1. The Morgan fingerprint density at radius 3 is 2.88 bits per heavy atom. The lowest BCUT2D eigenvalue weighted by atomic mass is 10.00. The summed E-state index contributed by atoms with van der Waals surface area (Å²) >= 11 is 1.65. The van der Waals surface area contributed by atoms with Crippen molar-refractivity contribution in [1.82, 2.24) is 4.90 Å². The Bertz CT molecular complexity index is 617. The smallest absolute Gasteiger partial charge is 0.306 e. The van der Waals surface area contributed by atoms with Crippen molar-refractivity contribution in [1.29, 1.82) is 0 Å². The van der Waals surface area contributed by atoms with Crippen molar-refractivity contribution in [3.63, 3.8) is 0 Å². The number of ether oxygens (including phenoxy) is 1. The highest BCUT2D eigenvalue weighted by atomic mass is 32.2. The van der Waals surface area contributed by atoms with E-state index in [2.05, 4.69) is 19.9 Å². The van der Waals surface area contributed by atoms with E-state index >= 15 is 0 Å². The van der Waals surface area contributed by atoms with Crippen LogP contribution in [0.4, 0.5) is 0 Å². The Hall–Kier alpha value is -1.49. The van der Waals surface area contributed by atoms with Crippen LogP contribution in [0, 0.1) is 5.92 Å². The summed E-state index contributed by atoms with van der Waals surface area (Å²) < 4.78 is 5.44. The summed E-state index contributed by atoms with van der Waals surface area (Å²) in [7, 11) is 1.84. The lowest BCUT2D eigenvalue weighted by Gasteiger charge is -2.25. The molecule has 0 radical (unpaired) electrons. The van der Waals surface area contributed by atoms with Gasteiger partial charge in [-0.25, -0.2) is 0 Å². The number of esters is 1. The predicted molar refractivity (Wildman–Crippen MR) is 107 cm³/mol. The lowest BCUT2D eigenvalue weighted by Crippen LogP contribution is -2.34. The largest absolute Gasteiger partial charge is 0.465 e. The van der Waals surface area contributed by atoms with Crippen molar-refractivity contribution in [2.24, 2.45) is 5.92 Å². The Balaban J connectivity index is 1.74. The summed E-state index contributed by atoms with van der Waals surface area (Å²) in [5.74, 6) is 1.18. The van der Waals surface area contributed by atoms with Crippen molar-refractivity contribution in [3.05, 3.63) is 29.3 Å². The summed E-state index contributed by atoms with van der Waals surface area (Å²) in [6.07, 6.45) is 5.90. The Morgan fingerprint density at radius 1 is 1.35 bits per heavy atom. The average Bonchev–Trinajstić information content (AvgIpc) is 2.65. The molecule has 0 aromatic heterocycles. The van der Waals surface area contributed by atoms with Gasteiger partial charge in [-0.2, -0.15) is 0 Å². The fraction of sp³-hybridized carbons (Fsp3) is 0.619. The Kier molecular flexibility index (Phi) is 8.49. The second-order valence-electron chi connectivity index (χ2n) is 6.99. The molecule has 1 aliphatic heterocycles. The molecular weight excluding hydrogens is 346 g/mol. The summed E-state index contributed by atoms with van der Waals surface area (Å²) in [4.78, 5) is 26.9. The fourth-order valence-electron chi connectivity index (χ4n) is 3.10. The van der Waals surface area contributed by atoms with Crippen LogP contribution in [0.3, 0.4) is 0 Å². The molecule has 1 aromatic carbocycles. The molecule has 2 rings (SSSR count). The molecular formula is C21H31NO3S. The molecule has 0 fully saturated rings. The van der Waals surface area contributed by atoms with Gasteiger partial charge in [0.1, 0.15) is 0 Å². The first kappa shape index (κ1) is 20.8. The van der Waals surface area contributed by atoms with Crippen LogP contribution >= 0.6 is 11.8 Å². The zero-order chi connectivity index (χ0) is 18.9. The van der Waals surface area contributed by atoms with Crippen LogP contribution in [0.1, 0.15) is 61.9 Å². The zero-order valence-corrected chi connectivity index (χ0v) is 17.1. The first-order valence-corrected chi connectivity index (χ1v) is 10.7. The van der Waals surface area contributed by atoms with E-state index in [0.29, 0.717) is 24.7 Å². The molecule has 1 unspecified atom stereocenters. The van der Waals surface area contributed by atoms with Crippen molar-refractivity contribution < 1.29 is 14.3 Å². The third-order valence-corrected chi connectivity index (χ3v) is 5.96. The maximum atomic E-state index is 12.1. The fourth-order valence-corrected chi connectivity index (χ4v) is 4.00. The number of likely N-dealkylation sites (N-methyl/N-ethyl adjacent to an activating group) is 1. The van der Waals surface area contributed by atoms with Crippen molar-refractivity contribution in [2.45, 2.75) is 57.3 Å². The first-order chi connectivity index (χ1) is 12.5. The van der Waals surface area contributed by atoms with Crippen molar-refractivity contribution in [2.75, 3.05) is 26.0 Å². The molecule has 1 amide bonds. The van der Waals surface area contributed by atoms with E-state index in [0.717, 1.165) is 41.8 Å². The highest BCUT2D eigenvalue weighted by Gasteiger charge is 2.21. The van der Waals surface area contributed by atoms with Crippen LogP contribution in [0.15, 0.2) is 23.1 Å². The van der Waals surface area contributed by atoms with Gasteiger partial charge in [0, 0.05) is 29.8 Å². The van der Waals surface area contributed by atoms with Gasteiger partial charge in [-0.3, -0.25) is 9.59 Å². The molecule has 4 nitrogen and oxygen atoms in total. The number of benzene rings is 1. The molecule has 26 heavy (non-hydrogen) atoms.